The number of ether oxygens (including phenoxy) is 1. The fourth-order valence-electron chi connectivity index (χ4n) is 2.28. The molecular weight excluding hydrogens is 307 g/mol. The van der Waals surface area contributed by atoms with Gasteiger partial charge in [0.2, 0.25) is 0 Å². The van der Waals surface area contributed by atoms with Crippen molar-refractivity contribution in [3.05, 3.63) is 57.7 Å². The van der Waals surface area contributed by atoms with E-state index in [1.807, 2.05) is 24.3 Å². The Labute approximate surface area is 133 Å². The molecular formula is C16H14Cl2N2O. The topological polar surface area (TPSA) is 24.8 Å². The van der Waals surface area contributed by atoms with E-state index >= 15 is 0 Å². The van der Waals surface area contributed by atoms with Crippen LogP contribution in [0.3, 0.4) is 0 Å². The summed E-state index contributed by atoms with van der Waals surface area (Å²) in [5, 5.41) is 1.26. The fourth-order valence-corrected chi connectivity index (χ4v) is 2.67. The molecule has 0 N–H and O–H groups in total. The van der Waals surface area contributed by atoms with E-state index in [1.54, 1.807) is 12.1 Å². The van der Waals surface area contributed by atoms with E-state index in [2.05, 4.69) is 15.8 Å². The average Bonchev–Trinajstić information content (AvgIpc) is 2.76. The molecule has 21 heavy (non-hydrogen) atoms. The summed E-state index contributed by atoms with van der Waals surface area (Å²) in [5.41, 5.74) is 2.64. The highest BCUT2D eigenvalue weighted by Crippen LogP contribution is 2.28. The van der Waals surface area contributed by atoms with Gasteiger partial charge in [-0.1, -0.05) is 23.2 Å². The summed E-state index contributed by atoms with van der Waals surface area (Å²) in [6, 6.07) is 5.35. The van der Waals surface area contributed by atoms with Crippen molar-refractivity contribution in [2.24, 2.45) is 4.99 Å². The number of rotatable bonds is 2. The maximum atomic E-state index is 6.22. The third-order valence-electron chi connectivity index (χ3n) is 3.39. The van der Waals surface area contributed by atoms with Crippen molar-refractivity contribution >= 4 is 34.8 Å². The number of allylic oxidation sites excluding steroid dienone is 3. The Morgan fingerprint density at radius 2 is 1.95 bits per heavy atom. The number of hydrogen-bond acceptors (Lipinski definition) is 3. The minimum atomic E-state index is 0.624. The Balaban J connectivity index is 1.91. The molecule has 0 aromatic heterocycles. The lowest BCUT2D eigenvalue weighted by Gasteiger charge is -2.29. The second kappa shape index (κ2) is 6.50. The lowest BCUT2D eigenvalue weighted by atomic mass is 10.1. The molecule has 0 radical (unpaired) electrons. The first kappa shape index (κ1) is 14.4. The highest BCUT2D eigenvalue weighted by atomic mass is 35.5. The molecule has 1 fully saturated rings. The predicted octanol–water partition coefficient (Wildman–Crippen LogP) is 3.79. The van der Waals surface area contributed by atoms with Crippen molar-refractivity contribution in [2.45, 2.75) is 0 Å². The highest BCUT2D eigenvalue weighted by molar-refractivity contribution is 6.34. The fraction of sp³-hybridized carbons (Fsp3) is 0.250. The quantitative estimate of drug-likeness (QED) is 0.828. The molecule has 0 unspecified atom stereocenters. The molecule has 0 bridgehead atoms. The van der Waals surface area contributed by atoms with Gasteiger partial charge < -0.3 is 9.64 Å². The number of morpholine rings is 1. The van der Waals surface area contributed by atoms with Crippen LogP contribution in [0.25, 0.3) is 5.70 Å². The zero-order chi connectivity index (χ0) is 14.7. The Bertz CT molecular complexity index is 667. The van der Waals surface area contributed by atoms with Gasteiger partial charge >= 0.3 is 0 Å². The van der Waals surface area contributed by atoms with Gasteiger partial charge in [0.05, 0.1) is 23.9 Å². The van der Waals surface area contributed by atoms with Crippen LogP contribution in [-0.4, -0.2) is 37.1 Å². The number of hydrogen-bond donors (Lipinski definition) is 0. The maximum absolute atomic E-state index is 6.22. The minimum Gasteiger partial charge on any atom is -0.378 e. The Hall–Kier alpha value is -1.51. The first-order valence-electron chi connectivity index (χ1n) is 6.73. The molecule has 1 aromatic carbocycles. The highest BCUT2D eigenvalue weighted by Gasteiger charge is 2.13. The van der Waals surface area contributed by atoms with E-state index in [9.17, 15) is 0 Å². The second-order valence-electron chi connectivity index (χ2n) is 4.75. The first-order chi connectivity index (χ1) is 10.2. The second-order valence-corrected chi connectivity index (χ2v) is 5.60. The van der Waals surface area contributed by atoms with Crippen LogP contribution >= 0.6 is 23.2 Å². The Kier molecular flexibility index (Phi) is 4.47. The van der Waals surface area contributed by atoms with E-state index in [-0.39, 0.29) is 0 Å². The molecule has 3 rings (SSSR count). The van der Waals surface area contributed by atoms with Crippen LogP contribution in [0.15, 0.2) is 47.1 Å². The lowest BCUT2D eigenvalue weighted by Crippen LogP contribution is -2.35. The van der Waals surface area contributed by atoms with Gasteiger partial charge in [0.15, 0.2) is 0 Å². The number of benzene rings is 1. The van der Waals surface area contributed by atoms with Gasteiger partial charge in [-0.15, -0.1) is 0 Å². The summed E-state index contributed by atoms with van der Waals surface area (Å²) >= 11 is 12.3. The monoisotopic (exact) mass is 320 g/mol. The molecule has 0 aliphatic carbocycles. The van der Waals surface area contributed by atoms with E-state index in [0.29, 0.717) is 10.0 Å². The van der Waals surface area contributed by atoms with Gasteiger partial charge in [0, 0.05) is 35.4 Å². The van der Waals surface area contributed by atoms with Gasteiger partial charge in [0.1, 0.15) is 0 Å². The van der Waals surface area contributed by atoms with Crippen LogP contribution in [0.1, 0.15) is 5.56 Å². The van der Waals surface area contributed by atoms with Crippen molar-refractivity contribution in [1.82, 2.24) is 4.90 Å². The summed E-state index contributed by atoms with van der Waals surface area (Å²) in [6.45, 7) is 3.26. The molecule has 0 saturated carbocycles. The smallest absolute Gasteiger partial charge is 0.0818 e. The first-order valence-corrected chi connectivity index (χ1v) is 7.49. The van der Waals surface area contributed by atoms with Crippen molar-refractivity contribution in [2.75, 3.05) is 26.3 Å². The van der Waals surface area contributed by atoms with Gasteiger partial charge in [-0.3, -0.25) is 0 Å². The molecule has 1 saturated heterocycles. The standard InChI is InChI=1S/C16H14Cl2N2O/c17-12-1-3-15(18)14(11-12)16-4-2-13(5-6-19-16)20-7-9-21-10-8-20/h1-5,11H,7-10H2. The molecule has 1 aromatic rings. The largest absolute Gasteiger partial charge is 0.378 e. The Morgan fingerprint density at radius 1 is 1.14 bits per heavy atom. The summed E-state index contributed by atoms with van der Waals surface area (Å²) in [6.07, 6.45) is 5.85. The molecule has 0 atom stereocenters. The minimum absolute atomic E-state index is 0.624. The predicted molar refractivity (Wildman–Crippen MR) is 86.9 cm³/mol. The average molecular weight is 321 g/mol. The molecule has 2 heterocycles. The van der Waals surface area contributed by atoms with Crippen LogP contribution in [0.5, 0.6) is 0 Å². The van der Waals surface area contributed by atoms with Gasteiger partial charge in [-0.05, 0) is 36.2 Å². The molecule has 0 amide bonds. The third-order valence-corrected chi connectivity index (χ3v) is 3.95. The van der Waals surface area contributed by atoms with Crippen molar-refractivity contribution < 1.29 is 4.74 Å². The van der Waals surface area contributed by atoms with Crippen molar-refractivity contribution in [3.8, 4) is 0 Å². The zero-order valence-electron chi connectivity index (χ0n) is 11.4. The van der Waals surface area contributed by atoms with Crippen molar-refractivity contribution in [1.29, 1.82) is 0 Å². The van der Waals surface area contributed by atoms with Crippen LogP contribution in [0, 0.1) is 0 Å². The molecule has 108 valence electrons. The summed E-state index contributed by atoms with van der Waals surface area (Å²) in [7, 11) is 0. The molecule has 2 aliphatic rings. The molecule has 3 nitrogen and oxygen atoms in total. The molecule has 5 heteroatoms. The van der Waals surface area contributed by atoms with Gasteiger partial charge in [-0.2, -0.15) is 0 Å². The maximum Gasteiger partial charge on any atom is 0.0818 e. The van der Waals surface area contributed by atoms with Crippen molar-refractivity contribution in [3.63, 3.8) is 0 Å². The van der Waals surface area contributed by atoms with E-state index in [1.165, 1.54) is 0 Å². The Morgan fingerprint density at radius 3 is 2.76 bits per heavy atom. The van der Waals surface area contributed by atoms with Gasteiger partial charge in [0.25, 0.3) is 0 Å². The summed E-state index contributed by atoms with van der Waals surface area (Å²) < 4.78 is 5.37. The van der Waals surface area contributed by atoms with E-state index < -0.39 is 0 Å². The summed E-state index contributed by atoms with van der Waals surface area (Å²) in [4.78, 5) is 6.60. The van der Waals surface area contributed by atoms with Crippen LogP contribution in [0.4, 0.5) is 0 Å². The molecule has 0 spiro atoms. The number of aliphatic imine (C=N–C) groups is 1. The lowest BCUT2D eigenvalue weighted by molar-refractivity contribution is 0.0555. The normalized spacial score (nSPS) is 18.3. The van der Waals surface area contributed by atoms with E-state index in [4.69, 9.17) is 27.9 Å². The van der Waals surface area contributed by atoms with Crippen LogP contribution in [-0.2, 0) is 4.74 Å². The van der Waals surface area contributed by atoms with Crippen LogP contribution < -0.4 is 0 Å². The number of nitrogens with zero attached hydrogens (tertiary/aromatic N) is 2. The van der Waals surface area contributed by atoms with E-state index in [0.717, 1.165) is 43.3 Å². The van der Waals surface area contributed by atoms with Gasteiger partial charge in [-0.25, -0.2) is 4.99 Å². The zero-order valence-corrected chi connectivity index (χ0v) is 12.9. The SMILES string of the molecule is Clc1ccc(Cl)c(C2=CC=C(N3CCOCC3)C=C=N2)c1. The summed E-state index contributed by atoms with van der Waals surface area (Å²) in [5.74, 6) is 2.97. The van der Waals surface area contributed by atoms with Crippen LogP contribution in [0.2, 0.25) is 10.0 Å². The molecule has 2 aliphatic heterocycles. The third kappa shape index (κ3) is 3.39. The number of halogens is 2.